The molecule has 116 valence electrons. The smallest absolute Gasteiger partial charge is 0.319 e. The van der Waals surface area contributed by atoms with E-state index < -0.39 is 5.97 Å². The fourth-order valence-corrected chi connectivity index (χ4v) is 2.71. The van der Waals surface area contributed by atoms with Gasteiger partial charge in [0.2, 0.25) is 0 Å². The zero-order chi connectivity index (χ0) is 15.3. The van der Waals surface area contributed by atoms with Gasteiger partial charge in [-0.3, -0.25) is 9.69 Å². The van der Waals surface area contributed by atoms with E-state index in [1.807, 2.05) is 4.90 Å². The van der Waals surface area contributed by atoms with Gasteiger partial charge in [0.1, 0.15) is 0 Å². The molecule has 0 aromatic carbocycles. The van der Waals surface area contributed by atoms with Crippen molar-refractivity contribution in [1.29, 1.82) is 0 Å². The number of carboxylic acid groups (broad SMARTS) is 1. The van der Waals surface area contributed by atoms with Crippen LogP contribution in [0.2, 0.25) is 0 Å². The molecule has 1 heterocycles. The zero-order valence-electron chi connectivity index (χ0n) is 13.0. The molecular weight excluding hydrogens is 258 g/mol. The van der Waals surface area contributed by atoms with Crippen molar-refractivity contribution in [3.05, 3.63) is 0 Å². The Morgan fingerprint density at radius 1 is 1.30 bits per heavy atom. The average Bonchev–Trinajstić information content (AvgIpc) is 2.43. The van der Waals surface area contributed by atoms with E-state index in [1.54, 1.807) is 19.0 Å². The molecule has 1 N–H and O–H groups in total. The van der Waals surface area contributed by atoms with Crippen LogP contribution >= 0.6 is 0 Å². The predicted octanol–water partition coefficient (Wildman–Crippen LogP) is 1.32. The van der Waals surface area contributed by atoms with Crippen molar-refractivity contribution >= 4 is 12.0 Å². The molecule has 1 saturated heterocycles. The van der Waals surface area contributed by atoms with Crippen molar-refractivity contribution in [1.82, 2.24) is 14.7 Å². The highest BCUT2D eigenvalue weighted by Crippen LogP contribution is 2.20. The number of hydrogen-bond acceptors (Lipinski definition) is 3. The monoisotopic (exact) mass is 285 g/mol. The molecule has 1 aliphatic rings. The lowest BCUT2D eigenvalue weighted by atomic mass is 10.0. The first-order valence-electron chi connectivity index (χ1n) is 7.30. The first-order valence-corrected chi connectivity index (χ1v) is 7.30. The summed E-state index contributed by atoms with van der Waals surface area (Å²) in [7, 11) is 3.51. The summed E-state index contributed by atoms with van der Waals surface area (Å²) in [6.45, 7) is 5.63. The van der Waals surface area contributed by atoms with Crippen LogP contribution in [0.5, 0.6) is 0 Å². The van der Waals surface area contributed by atoms with Gasteiger partial charge >= 0.3 is 12.0 Å². The first kappa shape index (κ1) is 16.8. The van der Waals surface area contributed by atoms with Crippen LogP contribution < -0.4 is 0 Å². The fraction of sp³-hybridized carbons (Fsp3) is 0.857. The number of carboxylic acids is 1. The largest absolute Gasteiger partial charge is 0.480 e. The maximum Gasteiger partial charge on any atom is 0.319 e. The van der Waals surface area contributed by atoms with Crippen LogP contribution in [0.1, 0.15) is 33.1 Å². The Kier molecular flexibility index (Phi) is 6.26. The topological polar surface area (TPSA) is 64.1 Å². The summed E-state index contributed by atoms with van der Waals surface area (Å²) in [4.78, 5) is 28.4. The number of piperidine rings is 1. The van der Waals surface area contributed by atoms with Crippen LogP contribution in [0.3, 0.4) is 0 Å². The second-order valence-electron chi connectivity index (χ2n) is 5.72. The Balaban J connectivity index is 2.60. The number of aliphatic carboxylic acids is 1. The highest BCUT2D eigenvalue weighted by atomic mass is 16.4. The van der Waals surface area contributed by atoms with E-state index in [2.05, 4.69) is 18.7 Å². The second kappa shape index (κ2) is 7.47. The molecule has 1 atom stereocenters. The van der Waals surface area contributed by atoms with Gasteiger partial charge in [-0.2, -0.15) is 0 Å². The van der Waals surface area contributed by atoms with Crippen LogP contribution in [-0.2, 0) is 4.79 Å². The average molecular weight is 285 g/mol. The lowest BCUT2D eigenvalue weighted by molar-refractivity contribution is -0.140. The van der Waals surface area contributed by atoms with Gasteiger partial charge in [0, 0.05) is 39.3 Å². The van der Waals surface area contributed by atoms with Gasteiger partial charge in [-0.05, 0) is 26.2 Å². The van der Waals surface area contributed by atoms with Gasteiger partial charge in [0.05, 0.1) is 6.54 Å². The number of urea groups is 1. The van der Waals surface area contributed by atoms with Crippen molar-refractivity contribution in [2.75, 3.05) is 33.7 Å². The highest BCUT2D eigenvalue weighted by Gasteiger charge is 2.30. The highest BCUT2D eigenvalue weighted by molar-refractivity contribution is 5.73. The Bertz CT molecular complexity index is 339. The summed E-state index contributed by atoms with van der Waals surface area (Å²) < 4.78 is 0. The Labute approximate surface area is 121 Å². The van der Waals surface area contributed by atoms with E-state index in [-0.39, 0.29) is 24.7 Å². The molecule has 6 heteroatoms. The molecular formula is C14H27N3O3. The Hall–Kier alpha value is -1.30. The third-order valence-corrected chi connectivity index (χ3v) is 4.06. The molecule has 1 fully saturated rings. The number of carbonyl (C=O) groups excluding carboxylic acids is 1. The fourth-order valence-electron chi connectivity index (χ4n) is 2.71. The number of likely N-dealkylation sites (tertiary alicyclic amines) is 1. The van der Waals surface area contributed by atoms with Crippen LogP contribution in [-0.4, -0.2) is 77.6 Å². The normalized spacial score (nSPS) is 18.1. The van der Waals surface area contributed by atoms with Crippen molar-refractivity contribution in [3.63, 3.8) is 0 Å². The quantitative estimate of drug-likeness (QED) is 0.827. The van der Waals surface area contributed by atoms with Crippen LogP contribution in [0.25, 0.3) is 0 Å². The summed E-state index contributed by atoms with van der Waals surface area (Å²) in [6.07, 6.45) is 2.62. The van der Waals surface area contributed by atoms with E-state index in [4.69, 9.17) is 5.11 Å². The van der Waals surface area contributed by atoms with E-state index >= 15 is 0 Å². The summed E-state index contributed by atoms with van der Waals surface area (Å²) in [5.41, 5.74) is 0. The third-order valence-electron chi connectivity index (χ3n) is 4.06. The van der Waals surface area contributed by atoms with Gasteiger partial charge in [-0.25, -0.2) is 4.79 Å². The molecule has 0 saturated carbocycles. The van der Waals surface area contributed by atoms with E-state index in [0.29, 0.717) is 13.1 Å². The maximum absolute atomic E-state index is 11.9. The van der Waals surface area contributed by atoms with Gasteiger partial charge < -0.3 is 14.9 Å². The van der Waals surface area contributed by atoms with Crippen molar-refractivity contribution in [2.24, 2.45) is 0 Å². The zero-order valence-corrected chi connectivity index (χ0v) is 13.0. The third kappa shape index (κ3) is 4.37. The Morgan fingerprint density at radius 3 is 2.25 bits per heavy atom. The van der Waals surface area contributed by atoms with Crippen LogP contribution in [0, 0.1) is 0 Å². The first-order chi connectivity index (χ1) is 9.36. The van der Waals surface area contributed by atoms with Gasteiger partial charge in [-0.1, -0.05) is 6.92 Å². The van der Waals surface area contributed by atoms with Crippen molar-refractivity contribution < 1.29 is 14.7 Å². The van der Waals surface area contributed by atoms with E-state index in [1.165, 1.54) is 0 Å². The molecule has 0 aliphatic carbocycles. The molecule has 0 bridgehead atoms. The summed E-state index contributed by atoms with van der Waals surface area (Å²) >= 11 is 0. The van der Waals surface area contributed by atoms with Gasteiger partial charge in [-0.15, -0.1) is 0 Å². The summed E-state index contributed by atoms with van der Waals surface area (Å²) in [6, 6.07) is 0.552. The molecule has 0 spiro atoms. The Morgan fingerprint density at radius 2 is 1.85 bits per heavy atom. The maximum atomic E-state index is 11.9. The lowest BCUT2D eigenvalue weighted by Gasteiger charge is -2.41. The molecule has 0 aromatic rings. The SMILES string of the molecule is CCC(C)N(CC(=O)O)C1CCN(C(=O)N(C)C)CC1. The van der Waals surface area contributed by atoms with Crippen LogP contribution in [0.15, 0.2) is 0 Å². The summed E-state index contributed by atoms with van der Waals surface area (Å²) in [5, 5.41) is 9.06. The molecule has 0 aromatic heterocycles. The molecule has 1 rings (SSSR count). The lowest BCUT2D eigenvalue weighted by Crippen LogP contribution is -2.52. The minimum absolute atomic E-state index is 0.0387. The molecule has 1 unspecified atom stereocenters. The van der Waals surface area contributed by atoms with Crippen molar-refractivity contribution in [2.45, 2.75) is 45.2 Å². The van der Waals surface area contributed by atoms with E-state index in [9.17, 15) is 9.59 Å². The number of nitrogens with zero attached hydrogens (tertiary/aromatic N) is 3. The van der Waals surface area contributed by atoms with Crippen LogP contribution in [0.4, 0.5) is 4.79 Å². The van der Waals surface area contributed by atoms with Crippen molar-refractivity contribution in [3.8, 4) is 0 Å². The number of carbonyl (C=O) groups is 2. The standard InChI is InChI=1S/C14H27N3O3/c1-5-11(2)17(10-13(18)19)12-6-8-16(9-7-12)14(20)15(3)4/h11-12H,5-10H2,1-4H3,(H,18,19). The van der Waals surface area contributed by atoms with E-state index in [0.717, 1.165) is 19.3 Å². The number of amides is 2. The minimum Gasteiger partial charge on any atom is -0.480 e. The van der Waals surface area contributed by atoms with Gasteiger partial charge in [0.25, 0.3) is 0 Å². The molecule has 0 radical (unpaired) electrons. The molecule has 20 heavy (non-hydrogen) atoms. The molecule has 2 amide bonds. The second-order valence-corrected chi connectivity index (χ2v) is 5.72. The van der Waals surface area contributed by atoms with Gasteiger partial charge in [0.15, 0.2) is 0 Å². The molecule has 6 nitrogen and oxygen atoms in total. The minimum atomic E-state index is -0.780. The number of hydrogen-bond donors (Lipinski definition) is 1. The number of rotatable bonds is 5. The molecule has 1 aliphatic heterocycles. The summed E-state index contributed by atoms with van der Waals surface area (Å²) in [5.74, 6) is -0.780. The predicted molar refractivity (Wildman–Crippen MR) is 77.8 cm³/mol.